The van der Waals surface area contributed by atoms with Crippen LogP contribution in [0.4, 0.5) is 0 Å². The van der Waals surface area contributed by atoms with E-state index in [0.29, 0.717) is 22.8 Å². The number of hydrogen-bond acceptors (Lipinski definition) is 2. The molecule has 2 rings (SSSR count). The zero-order valence-electron chi connectivity index (χ0n) is 13.8. The molecule has 1 aliphatic rings. The summed E-state index contributed by atoms with van der Waals surface area (Å²) in [4.78, 5) is 0. The monoisotopic (exact) mass is 275 g/mol. The third-order valence-electron chi connectivity index (χ3n) is 5.71. The van der Waals surface area contributed by atoms with E-state index in [1.165, 1.54) is 11.1 Å². The van der Waals surface area contributed by atoms with Gasteiger partial charge in [0.1, 0.15) is 0 Å². The van der Waals surface area contributed by atoms with Crippen molar-refractivity contribution >= 4 is 0 Å². The second-order valence-corrected chi connectivity index (χ2v) is 7.17. The normalized spacial score (nSPS) is 21.7. The number of hydrogen-bond donors (Lipinski definition) is 1. The van der Waals surface area contributed by atoms with Crippen LogP contribution in [-0.4, -0.2) is 20.8 Å². The third-order valence-corrected chi connectivity index (χ3v) is 5.71. The molecule has 1 fully saturated rings. The molecule has 1 atom stereocenters. The maximum Gasteiger partial charge on any atom is 0.0502 e. The summed E-state index contributed by atoms with van der Waals surface area (Å²) in [6, 6.07) is 9.46. The fourth-order valence-electron chi connectivity index (χ4n) is 3.72. The van der Waals surface area contributed by atoms with Crippen molar-refractivity contribution in [2.24, 2.45) is 16.7 Å². The lowest BCUT2D eigenvalue weighted by Gasteiger charge is -2.19. The molecule has 2 heteroatoms. The summed E-state index contributed by atoms with van der Waals surface area (Å²) in [5.74, 6) is 0.685. The quantitative estimate of drug-likeness (QED) is 0.852. The summed E-state index contributed by atoms with van der Waals surface area (Å²) < 4.78 is 5.14. The largest absolute Gasteiger partial charge is 0.384 e. The Bertz CT molecular complexity index is 433. The van der Waals surface area contributed by atoms with Crippen molar-refractivity contribution in [1.82, 2.24) is 5.32 Å². The highest BCUT2D eigenvalue weighted by Gasteiger charge is 2.67. The van der Waals surface area contributed by atoms with Crippen LogP contribution in [0.2, 0.25) is 0 Å². The highest BCUT2D eigenvalue weighted by atomic mass is 16.5. The molecule has 0 saturated heterocycles. The molecule has 0 aromatic heterocycles. The van der Waals surface area contributed by atoms with Gasteiger partial charge in [0.2, 0.25) is 0 Å². The molecular weight excluding hydrogens is 246 g/mol. The molecule has 0 bridgehead atoms. The Morgan fingerprint density at radius 1 is 1.10 bits per heavy atom. The van der Waals surface area contributed by atoms with Crippen molar-refractivity contribution in [2.45, 2.75) is 40.2 Å². The van der Waals surface area contributed by atoms with Gasteiger partial charge in [-0.3, -0.25) is 0 Å². The van der Waals surface area contributed by atoms with E-state index in [-0.39, 0.29) is 0 Å². The summed E-state index contributed by atoms with van der Waals surface area (Å²) >= 11 is 0. The Morgan fingerprint density at radius 3 is 2.05 bits per heavy atom. The van der Waals surface area contributed by atoms with Crippen LogP contribution < -0.4 is 5.32 Å². The summed E-state index contributed by atoms with van der Waals surface area (Å²) in [5.41, 5.74) is 3.54. The van der Waals surface area contributed by atoms with E-state index < -0.39 is 0 Å². The third kappa shape index (κ3) is 2.51. The van der Waals surface area contributed by atoms with Gasteiger partial charge in [0.15, 0.2) is 0 Å². The fourth-order valence-corrected chi connectivity index (χ4v) is 3.72. The molecule has 0 aliphatic heterocycles. The van der Waals surface area contributed by atoms with Crippen LogP contribution in [0.5, 0.6) is 0 Å². The van der Waals surface area contributed by atoms with Gasteiger partial charge in [-0.15, -0.1) is 0 Å². The van der Waals surface area contributed by atoms with Gasteiger partial charge in [0.05, 0.1) is 6.61 Å². The molecule has 1 N–H and O–H groups in total. The maximum atomic E-state index is 5.14. The Morgan fingerprint density at radius 2 is 1.65 bits per heavy atom. The van der Waals surface area contributed by atoms with Crippen molar-refractivity contribution in [3.8, 4) is 0 Å². The van der Waals surface area contributed by atoms with Crippen LogP contribution in [0.15, 0.2) is 24.3 Å². The fraction of sp³-hybridized carbons (Fsp3) is 0.667. The molecule has 0 radical (unpaired) electrons. The van der Waals surface area contributed by atoms with E-state index in [0.717, 1.165) is 13.0 Å². The Kier molecular flexibility index (Phi) is 4.27. The SMILES string of the molecule is CNC(c1ccc(CCOC)cc1)C1C(C)(C)C1(C)C. The molecular formula is C18H29NO. The van der Waals surface area contributed by atoms with Crippen LogP contribution in [0, 0.1) is 16.7 Å². The van der Waals surface area contributed by atoms with Crippen LogP contribution in [-0.2, 0) is 11.2 Å². The van der Waals surface area contributed by atoms with E-state index in [2.05, 4.69) is 64.3 Å². The second-order valence-electron chi connectivity index (χ2n) is 7.17. The smallest absolute Gasteiger partial charge is 0.0502 e. The van der Waals surface area contributed by atoms with E-state index in [9.17, 15) is 0 Å². The first-order chi connectivity index (χ1) is 9.36. The molecule has 0 heterocycles. The summed E-state index contributed by atoms with van der Waals surface area (Å²) in [5, 5.41) is 3.53. The minimum atomic E-state index is 0.398. The van der Waals surface area contributed by atoms with Gasteiger partial charge in [-0.05, 0) is 41.3 Å². The van der Waals surface area contributed by atoms with Gasteiger partial charge in [0.25, 0.3) is 0 Å². The van der Waals surface area contributed by atoms with Crippen molar-refractivity contribution in [1.29, 1.82) is 0 Å². The number of benzene rings is 1. The average molecular weight is 275 g/mol. The lowest BCUT2D eigenvalue weighted by molar-refractivity contribution is 0.202. The first kappa shape index (κ1) is 15.5. The molecule has 1 aliphatic carbocycles. The maximum absolute atomic E-state index is 5.14. The molecule has 20 heavy (non-hydrogen) atoms. The highest BCUT2D eigenvalue weighted by molar-refractivity contribution is 5.30. The van der Waals surface area contributed by atoms with E-state index in [1.54, 1.807) is 7.11 Å². The molecule has 1 aromatic carbocycles. The zero-order valence-corrected chi connectivity index (χ0v) is 13.8. The van der Waals surface area contributed by atoms with Gasteiger partial charge in [0, 0.05) is 13.2 Å². The first-order valence-corrected chi connectivity index (χ1v) is 7.61. The predicted molar refractivity (Wildman–Crippen MR) is 84.9 cm³/mol. The standard InChI is InChI=1S/C18H29NO/c1-17(2)16(18(17,3)4)15(19-5)14-9-7-13(8-10-14)11-12-20-6/h7-10,15-16,19H,11-12H2,1-6H3. The van der Waals surface area contributed by atoms with Crippen LogP contribution in [0.3, 0.4) is 0 Å². The minimum absolute atomic E-state index is 0.398. The topological polar surface area (TPSA) is 21.3 Å². The minimum Gasteiger partial charge on any atom is -0.384 e. The zero-order chi connectivity index (χ0) is 15.0. The van der Waals surface area contributed by atoms with E-state index in [4.69, 9.17) is 4.74 Å². The van der Waals surface area contributed by atoms with Gasteiger partial charge < -0.3 is 10.1 Å². The Balaban J connectivity index is 2.13. The number of rotatable bonds is 6. The Labute approximate surface area is 123 Å². The summed E-state index contributed by atoms with van der Waals surface area (Å²) in [7, 11) is 3.83. The lowest BCUT2D eigenvalue weighted by atomic mass is 9.95. The molecule has 1 aromatic rings. The average Bonchev–Trinajstić information content (AvgIpc) is 2.81. The molecule has 1 saturated carbocycles. The lowest BCUT2D eigenvalue weighted by Crippen LogP contribution is -2.21. The van der Waals surface area contributed by atoms with Crippen molar-refractivity contribution in [3.05, 3.63) is 35.4 Å². The van der Waals surface area contributed by atoms with Crippen molar-refractivity contribution in [3.63, 3.8) is 0 Å². The highest BCUT2D eigenvalue weighted by Crippen LogP contribution is 2.72. The van der Waals surface area contributed by atoms with Crippen LogP contribution in [0.25, 0.3) is 0 Å². The molecule has 0 spiro atoms. The first-order valence-electron chi connectivity index (χ1n) is 7.61. The van der Waals surface area contributed by atoms with Crippen molar-refractivity contribution in [2.75, 3.05) is 20.8 Å². The van der Waals surface area contributed by atoms with Gasteiger partial charge in [-0.2, -0.15) is 0 Å². The predicted octanol–water partition coefficient (Wildman–Crippen LogP) is 3.82. The number of ether oxygens (including phenoxy) is 1. The molecule has 0 amide bonds. The summed E-state index contributed by atoms with van der Waals surface area (Å²) in [6.07, 6.45) is 0.988. The molecule has 1 unspecified atom stereocenters. The van der Waals surface area contributed by atoms with Gasteiger partial charge >= 0.3 is 0 Å². The van der Waals surface area contributed by atoms with Gasteiger partial charge in [-0.25, -0.2) is 0 Å². The van der Waals surface area contributed by atoms with Crippen LogP contribution in [0.1, 0.15) is 44.9 Å². The van der Waals surface area contributed by atoms with E-state index >= 15 is 0 Å². The van der Waals surface area contributed by atoms with Gasteiger partial charge in [-0.1, -0.05) is 52.0 Å². The number of nitrogens with one attached hydrogen (secondary N) is 1. The molecule has 112 valence electrons. The van der Waals surface area contributed by atoms with Crippen molar-refractivity contribution < 1.29 is 4.74 Å². The van der Waals surface area contributed by atoms with Crippen LogP contribution >= 0.6 is 0 Å². The Hall–Kier alpha value is -0.860. The summed E-state index contributed by atoms with van der Waals surface area (Å²) in [6.45, 7) is 10.3. The second kappa shape index (κ2) is 5.50. The molecule has 2 nitrogen and oxygen atoms in total. The number of methoxy groups -OCH3 is 1. The van der Waals surface area contributed by atoms with E-state index in [1.807, 2.05) is 0 Å².